The van der Waals surface area contributed by atoms with Crippen molar-refractivity contribution in [1.82, 2.24) is 10.3 Å². The highest BCUT2D eigenvalue weighted by atomic mass is 79.9. The molecule has 0 aliphatic heterocycles. The van der Waals surface area contributed by atoms with E-state index in [0.29, 0.717) is 18.0 Å². The highest BCUT2D eigenvalue weighted by molar-refractivity contribution is 9.10. The second-order valence-corrected chi connectivity index (χ2v) is 5.57. The van der Waals surface area contributed by atoms with Crippen molar-refractivity contribution >= 4 is 15.9 Å². The molecule has 0 aliphatic carbocycles. The molecule has 0 radical (unpaired) electrons. The van der Waals surface area contributed by atoms with E-state index in [2.05, 4.69) is 45.3 Å². The van der Waals surface area contributed by atoms with Crippen molar-refractivity contribution in [2.45, 2.75) is 19.5 Å². The molecule has 2 aromatic rings. The number of rotatable bonds is 6. The maximum atomic E-state index is 5.39. The maximum absolute atomic E-state index is 5.39. The van der Waals surface area contributed by atoms with Crippen LogP contribution in [-0.4, -0.2) is 19.2 Å². The Kier molecular flexibility index (Phi) is 5.59. The molecule has 1 N–H and O–H groups in total. The standard InChI is InChI=1S/C16H19BrN2O2/c1-11(12-5-4-6-13(17)9-12)19-10-14-16(21-3)15(20-2)7-8-18-14/h4-9,11,19H,10H2,1-3H3/t11-/m0/s1. The largest absolute Gasteiger partial charge is 0.493 e. The summed E-state index contributed by atoms with van der Waals surface area (Å²) < 4.78 is 11.7. The molecule has 5 heteroatoms. The lowest BCUT2D eigenvalue weighted by molar-refractivity contribution is 0.347. The van der Waals surface area contributed by atoms with Crippen LogP contribution >= 0.6 is 15.9 Å². The van der Waals surface area contributed by atoms with E-state index in [-0.39, 0.29) is 6.04 Å². The molecule has 0 bridgehead atoms. The zero-order valence-electron chi connectivity index (χ0n) is 12.4. The quantitative estimate of drug-likeness (QED) is 0.862. The summed E-state index contributed by atoms with van der Waals surface area (Å²) in [4.78, 5) is 4.36. The van der Waals surface area contributed by atoms with Gasteiger partial charge in [-0.25, -0.2) is 0 Å². The van der Waals surface area contributed by atoms with Gasteiger partial charge in [0.15, 0.2) is 11.5 Å². The van der Waals surface area contributed by atoms with Crippen LogP contribution < -0.4 is 14.8 Å². The lowest BCUT2D eigenvalue weighted by Crippen LogP contribution is -2.19. The topological polar surface area (TPSA) is 43.4 Å². The number of aromatic nitrogens is 1. The molecule has 0 amide bonds. The number of ether oxygens (including phenoxy) is 2. The molecule has 0 saturated heterocycles. The summed E-state index contributed by atoms with van der Waals surface area (Å²) in [6.07, 6.45) is 1.72. The van der Waals surface area contributed by atoms with Crippen LogP contribution in [0.15, 0.2) is 41.0 Å². The van der Waals surface area contributed by atoms with Crippen molar-refractivity contribution in [2.24, 2.45) is 0 Å². The highest BCUT2D eigenvalue weighted by Crippen LogP contribution is 2.29. The summed E-state index contributed by atoms with van der Waals surface area (Å²) in [6.45, 7) is 2.72. The Morgan fingerprint density at radius 3 is 2.71 bits per heavy atom. The van der Waals surface area contributed by atoms with Crippen LogP contribution in [0.3, 0.4) is 0 Å². The molecule has 2 rings (SSSR count). The molecule has 1 atom stereocenters. The molecule has 1 aromatic carbocycles. The van der Waals surface area contributed by atoms with Gasteiger partial charge in [-0.1, -0.05) is 28.1 Å². The van der Waals surface area contributed by atoms with Gasteiger partial charge in [-0.05, 0) is 24.6 Å². The molecule has 0 saturated carbocycles. The summed E-state index contributed by atoms with van der Waals surface area (Å²) in [5, 5.41) is 3.45. The summed E-state index contributed by atoms with van der Waals surface area (Å²) in [5.74, 6) is 1.37. The van der Waals surface area contributed by atoms with Crippen molar-refractivity contribution in [1.29, 1.82) is 0 Å². The zero-order valence-corrected chi connectivity index (χ0v) is 14.0. The van der Waals surface area contributed by atoms with Gasteiger partial charge in [0.05, 0.1) is 19.9 Å². The number of hydrogen-bond donors (Lipinski definition) is 1. The Labute approximate surface area is 133 Å². The summed E-state index contributed by atoms with van der Waals surface area (Å²) >= 11 is 3.49. The normalized spacial score (nSPS) is 12.0. The number of nitrogens with one attached hydrogen (secondary N) is 1. The number of benzene rings is 1. The molecule has 0 spiro atoms. The molecule has 0 aliphatic rings. The van der Waals surface area contributed by atoms with Crippen molar-refractivity contribution in [3.8, 4) is 11.5 Å². The average Bonchev–Trinajstić information content (AvgIpc) is 2.51. The molecule has 4 nitrogen and oxygen atoms in total. The van der Waals surface area contributed by atoms with Gasteiger partial charge in [-0.2, -0.15) is 0 Å². The fraction of sp³-hybridized carbons (Fsp3) is 0.312. The fourth-order valence-electron chi connectivity index (χ4n) is 2.12. The van der Waals surface area contributed by atoms with Crippen LogP contribution in [0.25, 0.3) is 0 Å². The summed E-state index contributed by atoms with van der Waals surface area (Å²) in [5.41, 5.74) is 2.05. The van der Waals surface area contributed by atoms with Crippen LogP contribution in [0.4, 0.5) is 0 Å². The molecule has 21 heavy (non-hydrogen) atoms. The molecular formula is C16H19BrN2O2. The second kappa shape index (κ2) is 7.43. The lowest BCUT2D eigenvalue weighted by atomic mass is 10.1. The van der Waals surface area contributed by atoms with Crippen molar-refractivity contribution in [3.63, 3.8) is 0 Å². The molecule has 0 fully saturated rings. The average molecular weight is 351 g/mol. The maximum Gasteiger partial charge on any atom is 0.183 e. The lowest BCUT2D eigenvalue weighted by Gasteiger charge is -2.16. The Morgan fingerprint density at radius 2 is 2.05 bits per heavy atom. The van der Waals surface area contributed by atoms with Crippen LogP contribution in [0.5, 0.6) is 11.5 Å². The predicted octanol–water partition coefficient (Wildman–Crippen LogP) is 3.71. The van der Waals surface area contributed by atoms with E-state index in [9.17, 15) is 0 Å². The SMILES string of the molecule is COc1ccnc(CN[C@@H](C)c2cccc(Br)c2)c1OC. The van der Waals surface area contributed by atoms with E-state index >= 15 is 0 Å². The van der Waals surface area contributed by atoms with Crippen molar-refractivity contribution < 1.29 is 9.47 Å². The van der Waals surface area contributed by atoms with Crippen LogP contribution in [0.2, 0.25) is 0 Å². The third kappa shape index (κ3) is 3.95. The van der Waals surface area contributed by atoms with E-state index in [1.165, 1.54) is 5.56 Å². The fourth-order valence-corrected chi connectivity index (χ4v) is 2.54. The van der Waals surface area contributed by atoms with Gasteiger partial charge < -0.3 is 14.8 Å². The van der Waals surface area contributed by atoms with Crippen LogP contribution in [-0.2, 0) is 6.54 Å². The minimum absolute atomic E-state index is 0.209. The number of nitrogens with zero attached hydrogens (tertiary/aromatic N) is 1. The molecule has 1 aromatic heterocycles. The first-order valence-corrected chi connectivity index (χ1v) is 7.49. The Hall–Kier alpha value is -1.59. The zero-order chi connectivity index (χ0) is 15.2. The monoisotopic (exact) mass is 350 g/mol. The smallest absolute Gasteiger partial charge is 0.183 e. The first-order valence-electron chi connectivity index (χ1n) is 6.70. The van der Waals surface area contributed by atoms with E-state index < -0.39 is 0 Å². The first kappa shape index (κ1) is 15.8. The second-order valence-electron chi connectivity index (χ2n) is 4.65. The van der Waals surface area contributed by atoms with E-state index in [4.69, 9.17) is 9.47 Å². The third-order valence-corrected chi connectivity index (χ3v) is 3.78. The van der Waals surface area contributed by atoms with Crippen LogP contribution in [0.1, 0.15) is 24.2 Å². The summed E-state index contributed by atoms with van der Waals surface area (Å²) in [6, 6.07) is 10.2. The van der Waals surface area contributed by atoms with Gasteiger partial charge in [0.25, 0.3) is 0 Å². The van der Waals surface area contributed by atoms with Gasteiger partial charge >= 0.3 is 0 Å². The number of halogens is 1. The minimum Gasteiger partial charge on any atom is -0.493 e. The first-order chi connectivity index (χ1) is 10.2. The number of pyridine rings is 1. The predicted molar refractivity (Wildman–Crippen MR) is 86.7 cm³/mol. The molecule has 0 unspecified atom stereocenters. The third-order valence-electron chi connectivity index (χ3n) is 3.29. The van der Waals surface area contributed by atoms with E-state index in [1.807, 2.05) is 12.1 Å². The van der Waals surface area contributed by atoms with Gasteiger partial charge in [0.1, 0.15) is 0 Å². The molecule has 1 heterocycles. The van der Waals surface area contributed by atoms with Gasteiger partial charge in [0.2, 0.25) is 0 Å². The summed E-state index contributed by atoms with van der Waals surface area (Å²) in [7, 11) is 3.25. The van der Waals surface area contributed by atoms with E-state index in [1.54, 1.807) is 26.5 Å². The van der Waals surface area contributed by atoms with E-state index in [0.717, 1.165) is 10.2 Å². The van der Waals surface area contributed by atoms with Gasteiger partial charge in [-0.15, -0.1) is 0 Å². The number of hydrogen-bond acceptors (Lipinski definition) is 4. The Bertz CT molecular complexity index is 605. The highest BCUT2D eigenvalue weighted by Gasteiger charge is 2.12. The molecule has 112 valence electrons. The van der Waals surface area contributed by atoms with Crippen LogP contribution in [0, 0.1) is 0 Å². The Balaban J connectivity index is 2.09. The van der Waals surface area contributed by atoms with Gasteiger partial charge in [0, 0.05) is 29.3 Å². The number of methoxy groups -OCH3 is 2. The van der Waals surface area contributed by atoms with Gasteiger partial charge in [-0.3, -0.25) is 4.98 Å². The minimum atomic E-state index is 0.209. The van der Waals surface area contributed by atoms with Crippen molar-refractivity contribution in [2.75, 3.05) is 14.2 Å². The van der Waals surface area contributed by atoms with Crippen molar-refractivity contribution in [3.05, 3.63) is 52.3 Å². The molecular weight excluding hydrogens is 332 g/mol. The Morgan fingerprint density at radius 1 is 1.24 bits per heavy atom.